The number of amides is 2. The summed E-state index contributed by atoms with van der Waals surface area (Å²) in [5.74, 6) is -1.13. The molecular formula is C16H19N5O4S. The molecule has 0 bridgehead atoms. The molecule has 1 aliphatic heterocycles. The Hall–Kier alpha value is -2.72. The molecule has 2 N–H and O–H groups in total. The minimum atomic E-state index is -3.61. The van der Waals surface area contributed by atoms with Crippen molar-refractivity contribution < 1.29 is 18.0 Å². The lowest BCUT2D eigenvalue weighted by molar-refractivity contribution is 0.0846. The zero-order valence-corrected chi connectivity index (χ0v) is 15.0. The first kappa shape index (κ1) is 18.1. The number of rotatable bonds is 4. The average molecular weight is 377 g/mol. The van der Waals surface area contributed by atoms with Crippen LogP contribution in [0, 0.1) is 0 Å². The van der Waals surface area contributed by atoms with Crippen LogP contribution in [0.1, 0.15) is 33.6 Å². The number of hydrazine groups is 1. The standard InChI is InChI=1S/C16H19N5O4S/c1-20-11-13(10-17-20)16(23)19-18-15(22)12-5-4-6-14(9-12)26(24,25)21-7-2-3-8-21/h4-6,9-11H,2-3,7-8H2,1H3,(H,18,22)(H,19,23). The SMILES string of the molecule is Cn1cc(C(=O)NNC(=O)c2cccc(S(=O)(=O)N3CCCC3)c2)cn1. The second kappa shape index (κ2) is 7.26. The van der Waals surface area contributed by atoms with Gasteiger partial charge in [0.2, 0.25) is 10.0 Å². The molecule has 2 amide bonds. The number of benzene rings is 1. The van der Waals surface area contributed by atoms with Crippen LogP contribution in [0.5, 0.6) is 0 Å². The van der Waals surface area contributed by atoms with Gasteiger partial charge in [-0.3, -0.25) is 25.1 Å². The average Bonchev–Trinajstić information content (AvgIpc) is 3.31. The number of carbonyl (C=O) groups excluding carboxylic acids is 2. The smallest absolute Gasteiger partial charge is 0.272 e. The Kier molecular flexibility index (Phi) is 5.05. The first-order valence-corrected chi connectivity index (χ1v) is 9.51. The van der Waals surface area contributed by atoms with Gasteiger partial charge in [-0.25, -0.2) is 8.42 Å². The van der Waals surface area contributed by atoms with Crippen molar-refractivity contribution in [3.05, 3.63) is 47.8 Å². The molecule has 26 heavy (non-hydrogen) atoms. The minimum Gasteiger partial charge on any atom is -0.275 e. The molecule has 0 radical (unpaired) electrons. The molecule has 138 valence electrons. The molecule has 10 heteroatoms. The molecule has 3 rings (SSSR count). The molecule has 0 saturated carbocycles. The van der Waals surface area contributed by atoms with Crippen LogP contribution in [0.15, 0.2) is 41.6 Å². The number of aromatic nitrogens is 2. The summed E-state index contributed by atoms with van der Waals surface area (Å²) < 4.78 is 28.0. The summed E-state index contributed by atoms with van der Waals surface area (Å²) in [6.07, 6.45) is 4.54. The highest BCUT2D eigenvalue weighted by atomic mass is 32.2. The van der Waals surface area contributed by atoms with Crippen LogP contribution in [0.3, 0.4) is 0 Å². The second-order valence-corrected chi connectivity index (χ2v) is 7.89. The van der Waals surface area contributed by atoms with Gasteiger partial charge in [-0.15, -0.1) is 0 Å². The lowest BCUT2D eigenvalue weighted by atomic mass is 10.2. The van der Waals surface area contributed by atoms with Crippen LogP contribution in [0.2, 0.25) is 0 Å². The van der Waals surface area contributed by atoms with E-state index >= 15 is 0 Å². The Balaban J connectivity index is 1.69. The summed E-state index contributed by atoms with van der Waals surface area (Å²) in [6, 6.07) is 5.74. The Labute approximate surface area is 151 Å². The molecule has 1 fully saturated rings. The van der Waals surface area contributed by atoms with Crippen molar-refractivity contribution in [3.63, 3.8) is 0 Å². The second-order valence-electron chi connectivity index (χ2n) is 5.95. The summed E-state index contributed by atoms with van der Waals surface area (Å²) in [5, 5.41) is 3.87. The van der Waals surface area contributed by atoms with Crippen molar-refractivity contribution in [2.45, 2.75) is 17.7 Å². The first-order valence-electron chi connectivity index (χ1n) is 8.07. The van der Waals surface area contributed by atoms with Crippen molar-refractivity contribution in [3.8, 4) is 0 Å². The topological polar surface area (TPSA) is 113 Å². The molecule has 2 aromatic rings. The molecule has 1 aromatic heterocycles. The molecule has 0 unspecified atom stereocenters. The lowest BCUT2D eigenvalue weighted by Gasteiger charge is -2.16. The number of carbonyl (C=O) groups is 2. The molecular weight excluding hydrogens is 358 g/mol. The first-order chi connectivity index (χ1) is 12.4. The van der Waals surface area contributed by atoms with Gasteiger partial charge < -0.3 is 0 Å². The highest BCUT2D eigenvalue weighted by molar-refractivity contribution is 7.89. The zero-order chi connectivity index (χ0) is 18.7. The number of nitrogens with zero attached hydrogens (tertiary/aromatic N) is 3. The molecule has 0 atom stereocenters. The van der Waals surface area contributed by atoms with E-state index in [2.05, 4.69) is 16.0 Å². The van der Waals surface area contributed by atoms with Gasteiger partial charge >= 0.3 is 0 Å². The van der Waals surface area contributed by atoms with E-state index in [0.717, 1.165) is 12.8 Å². The molecule has 9 nitrogen and oxygen atoms in total. The van der Waals surface area contributed by atoms with Crippen molar-refractivity contribution in [2.75, 3.05) is 13.1 Å². The molecule has 1 saturated heterocycles. The Morgan fingerprint density at radius 1 is 1.08 bits per heavy atom. The van der Waals surface area contributed by atoms with E-state index in [-0.39, 0.29) is 16.0 Å². The van der Waals surface area contributed by atoms with E-state index in [9.17, 15) is 18.0 Å². The predicted octanol–water partition coefficient (Wildman–Crippen LogP) is 0.279. The largest absolute Gasteiger partial charge is 0.275 e. The summed E-state index contributed by atoms with van der Waals surface area (Å²) in [4.78, 5) is 24.2. The third-order valence-electron chi connectivity index (χ3n) is 4.06. The maximum absolute atomic E-state index is 12.6. The fourth-order valence-corrected chi connectivity index (χ4v) is 4.24. The van der Waals surface area contributed by atoms with Gasteiger partial charge in [0.1, 0.15) is 0 Å². The van der Waals surface area contributed by atoms with Gasteiger partial charge in [0, 0.05) is 31.9 Å². The highest BCUT2D eigenvalue weighted by Crippen LogP contribution is 2.21. The van der Waals surface area contributed by atoms with Crippen LogP contribution in [0.25, 0.3) is 0 Å². The number of nitrogens with one attached hydrogen (secondary N) is 2. The summed E-state index contributed by atoms with van der Waals surface area (Å²) >= 11 is 0. The lowest BCUT2D eigenvalue weighted by Crippen LogP contribution is -2.41. The summed E-state index contributed by atoms with van der Waals surface area (Å²) in [5.41, 5.74) is 4.97. The fourth-order valence-electron chi connectivity index (χ4n) is 2.67. The molecule has 1 aromatic carbocycles. The maximum Gasteiger partial charge on any atom is 0.272 e. The van der Waals surface area contributed by atoms with E-state index in [1.165, 1.54) is 45.6 Å². The van der Waals surface area contributed by atoms with Gasteiger partial charge in [0.15, 0.2) is 0 Å². The fraction of sp³-hybridized carbons (Fsp3) is 0.312. The quantitative estimate of drug-likeness (QED) is 0.743. The molecule has 1 aliphatic rings. The van der Waals surface area contributed by atoms with Gasteiger partial charge in [-0.2, -0.15) is 9.40 Å². The molecule has 2 heterocycles. The van der Waals surface area contributed by atoms with E-state index < -0.39 is 21.8 Å². The summed E-state index contributed by atoms with van der Waals surface area (Å²) in [6.45, 7) is 0.972. The van der Waals surface area contributed by atoms with E-state index in [0.29, 0.717) is 13.1 Å². The van der Waals surface area contributed by atoms with Crippen LogP contribution < -0.4 is 10.9 Å². The van der Waals surface area contributed by atoms with Crippen LogP contribution >= 0.6 is 0 Å². The number of aryl methyl sites for hydroxylation is 1. The van der Waals surface area contributed by atoms with E-state index in [1.807, 2.05) is 0 Å². The van der Waals surface area contributed by atoms with Crippen LogP contribution in [-0.2, 0) is 17.1 Å². The minimum absolute atomic E-state index is 0.0608. The third-order valence-corrected chi connectivity index (χ3v) is 5.95. The normalized spacial score (nSPS) is 15.0. The van der Waals surface area contributed by atoms with Gasteiger partial charge in [0.25, 0.3) is 11.8 Å². The Bertz CT molecular complexity index is 932. The predicted molar refractivity (Wildman–Crippen MR) is 92.6 cm³/mol. The van der Waals surface area contributed by atoms with Crippen LogP contribution in [-0.4, -0.2) is 47.4 Å². The zero-order valence-electron chi connectivity index (χ0n) is 14.2. The van der Waals surface area contributed by atoms with Gasteiger partial charge in [-0.1, -0.05) is 6.07 Å². The van der Waals surface area contributed by atoms with Gasteiger partial charge in [-0.05, 0) is 31.0 Å². The Morgan fingerprint density at radius 3 is 2.35 bits per heavy atom. The van der Waals surface area contributed by atoms with E-state index in [4.69, 9.17) is 0 Å². The highest BCUT2D eigenvalue weighted by Gasteiger charge is 2.27. The molecule has 0 aliphatic carbocycles. The molecule has 0 spiro atoms. The van der Waals surface area contributed by atoms with Crippen molar-refractivity contribution in [1.82, 2.24) is 24.9 Å². The Morgan fingerprint density at radius 2 is 1.73 bits per heavy atom. The number of hydrogen-bond donors (Lipinski definition) is 2. The van der Waals surface area contributed by atoms with E-state index in [1.54, 1.807) is 7.05 Å². The number of sulfonamides is 1. The maximum atomic E-state index is 12.6. The van der Waals surface area contributed by atoms with Crippen molar-refractivity contribution in [2.24, 2.45) is 7.05 Å². The van der Waals surface area contributed by atoms with Gasteiger partial charge in [0.05, 0.1) is 16.7 Å². The van der Waals surface area contributed by atoms with Crippen LogP contribution in [0.4, 0.5) is 0 Å². The van der Waals surface area contributed by atoms with Crippen molar-refractivity contribution >= 4 is 21.8 Å². The summed E-state index contributed by atoms with van der Waals surface area (Å²) in [7, 11) is -1.94. The monoisotopic (exact) mass is 377 g/mol. The number of hydrogen-bond acceptors (Lipinski definition) is 5. The third kappa shape index (κ3) is 3.75. The van der Waals surface area contributed by atoms with Crippen molar-refractivity contribution in [1.29, 1.82) is 0 Å².